The molecule has 0 saturated heterocycles. The molecule has 1 fully saturated rings. The van der Waals surface area contributed by atoms with Gasteiger partial charge in [-0.05, 0) is 61.2 Å². The molecule has 0 unspecified atom stereocenters. The largest absolute Gasteiger partial charge is 0.352 e. The third-order valence-corrected chi connectivity index (χ3v) is 8.32. The van der Waals surface area contributed by atoms with Crippen LogP contribution in [0.3, 0.4) is 0 Å². The van der Waals surface area contributed by atoms with Crippen molar-refractivity contribution in [3.05, 3.63) is 72.0 Å². The van der Waals surface area contributed by atoms with Gasteiger partial charge in [0.2, 0.25) is 0 Å². The van der Waals surface area contributed by atoms with E-state index in [2.05, 4.69) is 53.6 Å². The molecule has 0 spiro atoms. The molecule has 0 atom stereocenters. The SMILES string of the molecule is Fc1ccc(-c2cncc3[nH]c(-c4n[nH]c5cnc(-c6cncc(CNCC7CCCC7)c6)cc45)cc23)s1. The molecule has 0 bridgehead atoms. The molecule has 3 N–H and O–H groups in total. The number of hydrogen-bond donors (Lipinski definition) is 3. The molecule has 1 saturated carbocycles. The van der Waals surface area contributed by atoms with E-state index >= 15 is 0 Å². The van der Waals surface area contributed by atoms with Crippen LogP contribution in [0.4, 0.5) is 4.39 Å². The quantitative estimate of drug-likeness (QED) is 0.216. The smallest absolute Gasteiger partial charge is 0.176 e. The number of thiophene rings is 1. The Bertz CT molecular complexity index is 1740. The van der Waals surface area contributed by atoms with Crippen LogP contribution >= 0.6 is 11.3 Å². The van der Waals surface area contributed by atoms with Gasteiger partial charge < -0.3 is 10.3 Å². The van der Waals surface area contributed by atoms with E-state index in [-0.39, 0.29) is 5.13 Å². The van der Waals surface area contributed by atoms with E-state index < -0.39 is 0 Å². The summed E-state index contributed by atoms with van der Waals surface area (Å²) in [6.07, 6.45) is 14.5. The molecular weight excluding hydrogens is 497 g/mol. The van der Waals surface area contributed by atoms with Crippen molar-refractivity contribution in [3.63, 3.8) is 0 Å². The Hall–Kier alpha value is -3.95. The fraction of sp³-hybridized carbons (Fsp3) is 0.241. The number of aromatic amines is 2. The van der Waals surface area contributed by atoms with Crippen molar-refractivity contribution >= 4 is 33.1 Å². The maximum Gasteiger partial charge on any atom is 0.176 e. The average Bonchev–Trinajstić information content (AvgIpc) is 3.74. The lowest BCUT2D eigenvalue weighted by Crippen LogP contribution is -2.20. The highest BCUT2D eigenvalue weighted by Gasteiger charge is 2.17. The van der Waals surface area contributed by atoms with Gasteiger partial charge in [-0.3, -0.25) is 20.1 Å². The maximum atomic E-state index is 13.7. The van der Waals surface area contributed by atoms with Gasteiger partial charge in [0.15, 0.2) is 5.13 Å². The van der Waals surface area contributed by atoms with E-state index in [9.17, 15) is 4.39 Å². The Morgan fingerprint density at radius 2 is 1.84 bits per heavy atom. The molecular formula is C29H26FN7S. The molecule has 6 heterocycles. The van der Waals surface area contributed by atoms with Crippen LogP contribution in [0, 0.1) is 11.0 Å². The topological polar surface area (TPSA) is 95.2 Å². The van der Waals surface area contributed by atoms with Gasteiger partial charge in [-0.2, -0.15) is 9.49 Å². The van der Waals surface area contributed by atoms with Crippen molar-refractivity contribution in [1.82, 2.24) is 35.5 Å². The molecule has 0 aliphatic heterocycles. The Morgan fingerprint density at radius 3 is 2.71 bits per heavy atom. The van der Waals surface area contributed by atoms with Crippen molar-refractivity contribution < 1.29 is 4.39 Å². The Morgan fingerprint density at radius 1 is 0.947 bits per heavy atom. The van der Waals surface area contributed by atoms with Gasteiger partial charge in [0, 0.05) is 51.9 Å². The minimum atomic E-state index is -0.214. The summed E-state index contributed by atoms with van der Waals surface area (Å²) in [5, 5.41) is 13.0. The van der Waals surface area contributed by atoms with E-state index in [1.807, 2.05) is 18.6 Å². The molecule has 190 valence electrons. The highest BCUT2D eigenvalue weighted by molar-refractivity contribution is 7.14. The van der Waals surface area contributed by atoms with E-state index in [0.717, 1.165) is 90.8 Å². The third kappa shape index (κ3) is 4.37. The molecule has 1 aliphatic carbocycles. The zero-order valence-electron chi connectivity index (χ0n) is 20.7. The lowest BCUT2D eigenvalue weighted by molar-refractivity contribution is 0.489. The monoisotopic (exact) mass is 523 g/mol. The van der Waals surface area contributed by atoms with Gasteiger partial charge in [-0.1, -0.05) is 12.8 Å². The second kappa shape index (κ2) is 9.74. The van der Waals surface area contributed by atoms with Crippen molar-refractivity contribution in [2.75, 3.05) is 6.54 Å². The fourth-order valence-corrected chi connectivity index (χ4v) is 6.23. The normalized spacial score (nSPS) is 14.2. The first kappa shape index (κ1) is 23.2. The van der Waals surface area contributed by atoms with Crippen LogP contribution in [0.15, 0.2) is 61.3 Å². The summed E-state index contributed by atoms with van der Waals surface area (Å²) >= 11 is 1.12. The lowest BCUT2D eigenvalue weighted by Gasteiger charge is -2.11. The van der Waals surface area contributed by atoms with Crippen molar-refractivity contribution in [2.24, 2.45) is 5.92 Å². The molecule has 9 heteroatoms. The summed E-state index contributed by atoms with van der Waals surface area (Å²) < 4.78 is 13.7. The number of nitrogens with zero attached hydrogens (tertiary/aromatic N) is 4. The predicted octanol–water partition coefficient (Wildman–Crippen LogP) is 6.71. The first-order valence-electron chi connectivity index (χ1n) is 12.9. The van der Waals surface area contributed by atoms with E-state index in [1.165, 1.54) is 31.7 Å². The van der Waals surface area contributed by atoms with Gasteiger partial charge in [0.25, 0.3) is 0 Å². The number of H-pyrrole nitrogens is 2. The van der Waals surface area contributed by atoms with Crippen molar-refractivity contribution in [3.8, 4) is 33.1 Å². The zero-order valence-corrected chi connectivity index (χ0v) is 21.5. The molecule has 6 aromatic rings. The predicted molar refractivity (Wildman–Crippen MR) is 149 cm³/mol. The first-order valence-corrected chi connectivity index (χ1v) is 13.7. The second-order valence-corrected chi connectivity index (χ2v) is 11.0. The Kier molecular flexibility index (Phi) is 5.94. The minimum Gasteiger partial charge on any atom is -0.352 e. The van der Waals surface area contributed by atoms with Crippen LogP contribution in [0.25, 0.3) is 54.9 Å². The molecule has 0 radical (unpaired) electrons. The molecule has 1 aliphatic rings. The molecule has 7 rings (SSSR count). The van der Waals surface area contributed by atoms with Gasteiger partial charge in [0.05, 0.1) is 34.8 Å². The number of rotatable bonds is 7. The molecule has 0 amide bonds. The van der Waals surface area contributed by atoms with Crippen LogP contribution < -0.4 is 5.32 Å². The van der Waals surface area contributed by atoms with Gasteiger partial charge >= 0.3 is 0 Å². The molecule has 0 aromatic carbocycles. The number of hydrogen-bond acceptors (Lipinski definition) is 6. The third-order valence-electron chi connectivity index (χ3n) is 7.41. The van der Waals surface area contributed by atoms with Crippen LogP contribution in [0.2, 0.25) is 0 Å². The number of nitrogens with one attached hydrogen (secondary N) is 3. The summed E-state index contributed by atoms with van der Waals surface area (Å²) in [5.74, 6) is 0.803. The van der Waals surface area contributed by atoms with E-state index in [0.29, 0.717) is 0 Å². The van der Waals surface area contributed by atoms with Crippen LogP contribution in [-0.4, -0.2) is 36.7 Å². The van der Waals surface area contributed by atoms with Gasteiger partial charge in [0.1, 0.15) is 5.69 Å². The summed E-state index contributed by atoms with van der Waals surface area (Å²) in [6.45, 7) is 1.87. The van der Waals surface area contributed by atoms with Gasteiger partial charge in [-0.25, -0.2) is 0 Å². The standard InChI is InChI=1S/C29H26FN7S/c30-28-6-5-27(38-28)22-14-33-15-25-20(22)8-24(35-25)29-21-9-23(34-16-26(21)36-37-29)19-7-18(12-32-13-19)11-31-10-17-3-1-2-4-17/h5-9,12-17,31,35H,1-4,10-11H2,(H,36,37). The van der Waals surface area contributed by atoms with Crippen LogP contribution in [0.5, 0.6) is 0 Å². The zero-order chi connectivity index (χ0) is 25.5. The number of aromatic nitrogens is 6. The highest BCUT2D eigenvalue weighted by Crippen LogP contribution is 2.36. The minimum absolute atomic E-state index is 0.214. The van der Waals surface area contributed by atoms with E-state index in [1.54, 1.807) is 18.5 Å². The number of pyridine rings is 3. The van der Waals surface area contributed by atoms with Gasteiger partial charge in [-0.15, -0.1) is 11.3 Å². The van der Waals surface area contributed by atoms with E-state index in [4.69, 9.17) is 0 Å². The summed E-state index contributed by atoms with van der Waals surface area (Å²) in [6, 6.07) is 9.54. The average molecular weight is 524 g/mol. The first-order chi connectivity index (χ1) is 18.7. The summed E-state index contributed by atoms with van der Waals surface area (Å²) in [4.78, 5) is 17.8. The summed E-state index contributed by atoms with van der Waals surface area (Å²) in [7, 11) is 0. The number of fused-ring (bicyclic) bond motifs is 2. The highest BCUT2D eigenvalue weighted by atomic mass is 32.1. The molecule has 7 nitrogen and oxygen atoms in total. The van der Waals surface area contributed by atoms with Crippen LogP contribution in [-0.2, 0) is 6.54 Å². The van der Waals surface area contributed by atoms with Crippen molar-refractivity contribution in [1.29, 1.82) is 0 Å². The fourth-order valence-electron chi connectivity index (χ4n) is 5.47. The Labute approximate surface area is 222 Å². The maximum absolute atomic E-state index is 13.7. The molecule has 6 aromatic heterocycles. The lowest BCUT2D eigenvalue weighted by atomic mass is 10.1. The second-order valence-electron chi connectivity index (χ2n) is 9.99. The van der Waals surface area contributed by atoms with Crippen LogP contribution in [0.1, 0.15) is 31.2 Å². The Balaban J connectivity index is 1.20. The molecule has 38 heavy (non-hydrogen) atoms. The number of halogens is 1. The van der Waals surface area contributed by atoms with Crippen molar-refractivity contribution in [2.45, 2.75) is 32.2 Å². The summed E-state index contributed by atoms with van der Waals surface area (Å²) in [5.41, 5.74) is 7.24.